The molecule has 0 bridgehead atoms. The second kappa shape index (κ2) is 66.8. The summed E-state index contributed by atoms with van der Waals surface area (Å²) in [6.45, 7) is 18.1. The van der Waals surface area contributed by atoms with Crippen LogP contribution in [0.4, 0.5) is 0 Å². The Balaban J connectivity index is 0.000000266. The number of unbranched alkanes of at least 4 members (excludes halogenated alkanes) is 35. The Bertz CT molecular complexity index is 3330. The van der Waals surface area contributed by atoms with Crippen molar-refractivity contribution in [3.63, 3.8) is 0 Å². The summed E-state index contributed by atoms with van der Waals surface area (Å²) in [5.41, 5.74) is 9.43. The Labute approximate surface area is 696 Å². The second-order valence-corrected chi connectivity index (χ2v) is 35.2. The van der Waals surface area contributed by atoms with E-state index in [0.717, 1.165) is 77.7 Å². The van der Waals surface area contributed by atoms with Crippen molar-refractivity contribution in [3.8, 4) is 45.6 Å². The minimum absolute atomic E-state index is 0.822. The van der Waals surface area contributed by atoms with Gasteiger partial charge in [0.2, 0.25) is 0 Å². The lowest BCUT2D eigenvalue weighted by molar-refractivity contribution is 0.575. The monoisotopic (exact) mass is 1580 g/mol. The lowest BCUT2D eigenvalue weighted by Crippen LogP contribution is -1.93. The first-order valence-electron chi connectivity index (χ1n) is 45.0. The first-order chi connectivity index (χ1) is 54.8. The summed E-state index contributed by atoms with van der Waals surface area (Å²) in [7, 11) is 0. The zero-order valence-electron chi connectivity index (χ0n) is 71.1. The molecule has 0 saturated heterocycles. The van der Waals surface area contributed by atoms with Crippen molar-refractivity contribution in [2.45, 2.75) is 377 Å². The van der Waals surface area contributed by atoms with Gasteiger partial charge < -0.3 is 0 Å². The standard InChI is InChI=1S/C27H42N2S.C26H40N2S.C25H38N2S.C21H30N2S/c1-3-5-7-9-10-11-12-14-16-24-22-28-27(29-23-24)25-17-19-26(20-18-25)30-21-15-13-8-6-4-2;1-3-5-7-9-10-11-13-15-23-21-27-26(28-22-23)24-16-18-25(19-17-24)29-20-14-12-8-6-4-2;1-3-5-7-9-10-12-14-22-20-26-25(27-21-22)23-15-17-24(18-16-23)28-19-13-11-8-6-4-2;1-3-5-6-7-8-9-15-24-20-13-11-19(12-14-20)21-22-16-18(10-4-2)17-23-21/h17-20,22-23H,3-16,21H2,1-2H3;16-19,21-22H,3-15,20H2,1-2H3;15-18,20-21H,3-14,19H2,1-2H3;11-14,16-17H,3-10,15H2,1-2H3. The van der Waals surface area contributed by atoms with Gasteiger partial charge in [0.25, 0.3) is 0 Å². The zero-order chi connectivity index (χ0) is 78.8. The van der Waals surface area contributed by atoms with E-state index in [2.05, 4.69) is 192 Å². The molecule has 0 aliphatic rings. The van der Waals surface area contributed by atoms with Crippen molar-refractivity contribution in [2.24, 2.45) is 0 Å². The Hall–Kier alpha value is -5.40. The third kappa shape index (κ3) is 46.7. The first-order valence-corrected chi connectivity index (χ1v) is 48.9. The number of rotatable bonds is 59. The molecule has 0 saturated carbocycles. The van der Waals surface area contributed by atoms with E-state index < -0.39 is 0 Å². The van der Waals surface area contributed by atoms with Crippen LogP contribution >= 0.6 is 47.0 Å². The fourth-order valence-corrected chi connectivity index (χ4v) is 16.9. The van der Waals surface area contributed by atoms with E-state index in [4.69, 9.17) is 0 Å². The van der Waals surface area contributed by atoms with Crippen LogP contribution in [0.2, 0.25) is 0 Å². The van der Waals surface area contributed by atoms with Gasteiger partial charge in [-0.25, -0.2) is 39.9 Å². The highest BCUT2D eigenvalue weighted by Crippen LogP contribution is 2.29. The van der Waals surface area contributed by atoms with Crippen LogP contribution in [-0.4, -0.2) is 62.9 Å². The molecule has 4 heterocycles. The number of aryl methyl sites for hydroxylation is 4. The van der Waals surface area contributed by atoms with Gasteiger partial charge in [-0.1, -0.05) is 335 Å². The van der Waals surface area contributed by atoms with Gasteiger partial charge in [0.15, 0.2) is 23.3 Å². The fraction of sp³-hybridized carbons (Fsp3) is 0.596. The summed E-state index contributed by atoms with van der Waals surface area (Å²) in [4.78, 5) is 42.0. The molecule has 0 spiro atoms. The molecule has 0 amide bonds. The third-order valence-corrected chi connectivity index (χ3v) is 24.7. The maximum atomic E-state index is 4.61. The van der Waals surface area contributed by atoms with Crippen molar-refractivity contribution < 1.29 is 0 Å². The van der Waals surface area contributed by atoms with Gasteiger partial charge in [0, 0.05) is 91.4 Å². The van der Waals surface area contributed by atoms with Crippen LogP contribution in [-0.2, 0) is 25.7 Å². The van der Waals surface area contributed by atoms with Gasteiger partial charge in [-0.2, -0.15) is 0 Å². The molecule has 0 radical (unpaired) electrons. The van der Waals surface area contributed by atoms with E-state index in [1.807, 2.05) is 96.6 Å². The van der Waals surface area contributed by atoms with Crippen molar-refractivity contribution in [2.75, 3.05) is 23.0 Å². The van der Waals surface area contributed by atoms with Gasteiger partial charge in [-0.15, -0.1) is 47.0 Å². The normalized spacial score (nSPS) is 11.1. The topological polar surface area (TPSA) is 103 Å². The van der Waals surface area contributed by atoms with E-state index >= 15 is 0 Å². The van der Waals surface area contributed by atoms with Crippen LogP contribution in [0, 0.1) is 0 Å². The quantitative estimate of drug-likeness (QED) is 0.0268. The highest BCUT2D eigenvalue weighted by molar-refractivity contribution is 8.00. The molecule has 0 atom stereocenters. The second-order valence-electron chi connectivity index (χ2n) is 30.5. The molecule has 0 aliphatic carbocycles. The summed E-state index contributed by atoms with van der Waals surface area (Å²) < 4.78 is 0. The van der Waals surface area contributed by atoms with Crippen molar-refractivity contribution >= 4 is 47.0 Å². The predicted molar refractivity (Wildman–Crippen MR) is 492 cm³/mol. The van der Waals surface area contributed by atoms with Crippen LogP contribution < -0.4 is 0 Å². The maximum Gasteiger partial charge on any atom is 0.159 e. The van der Waals surface area contributed by atoms with E-state index in [1.54, 1.807) is 0 Å². The molecule has 111 heavy (non-hydrogen) atoms. The van der Waals surface area contributed by atoms with Crippen LogP contribution in [0.3, 0.4) is 0 Å². The van der Waals surface area contributed by atoms with Crippen LogP contribution in [0.25, 0.3) is 45.6 Å². The molecular formula is C99H150N8S4. The molecule has 0 aliphatic heterocycles. The summed E-state index contributed by atoms with van der Waals surface area (Å²) in [6, 6.07) is 34.9. The number of hydrogen-bond donors (Lipinski definition) is 0. The average Bonchev–Trinajstić information content (AvgIpc) is 0.875. The largest absolute Gasteiger partial charge is 0.236 e. The number of benzene rings is 4. The molecule has 8 aromatic rings. The lowest BCUT2D eigenvalue weighted by Gasteiger charge is -2.05. The minimum Gasteiger partial charge on any atom is -0.236 e. The fourth-order valence-electron chi connectivity index (χ4n) is 13.2. The smallest absolute Gasteiger partial charge is 0.159 e. The van der Waals surface area contributed by atoms with Gasteiger partial charge in [-0.05, 0) is 164 Å². The molecule has 0 fully saturated rings. The highest BCUT2D eigenvalue weighted by Gasteiger charge is 2.09. The third-order valence-electron chi connectivity index (χ3n) is 20.3. The average molecular weight is 1580 g/mol. The van der Waals surface area contributed by atoms with Crippen molar-refractivity contribution in [3.05, 3.63) is 169 Å². The molecule has 0 unspecified atom stereocenters. The van der Waals surface area contributed by atoms with Gasteiger partial charge in [0.1, 0.15) is 0 Å². The maximum absolute atomic E-state index is 4.61. The van der Waals surface area contributed by atoms with Crippen LogP contribution in [0.15, 0.2) is 166 Å². The van der Waals surface area contributed by atoms with Gasteiger partial charge in [-0.3, -0.25) is 0 Å². The van der Waals surface area contributed by atoms with Gasteiger partial charge in [0.05, 0.1) is 0 Å². The SMILES string of the molecule is CCCCCCCCCCc1cnc(-c2ccc(SCCCCCCC)cc2)nc1.CCCCCCCCCc1cnc(-c2ccc(SCCCCCCC)cc2)nc1.CCCCCCCCSc1ccc(-c2ncc(CCC)cn2)cc1.CCCCCCCCc1cnc(-c2ccc(SCCCCCCC)cc2)nc1. The summed E-state index contributed by atoms with van der Waals surface area (Å²) in [5, 5.41) is 0. The lowest BCUT2D eigenvalue weighted by atomic mass is 10.1. The van der Waals surface area contributed by atoms with Crippen LogP contribution in [0.5, 0.6) is 0 Å². The molecule has 4 aromatic carbocycles. The molecule has 8 nitrogen and oxygen atoms in total. The predicted octanol–water partition coefficient (Wildman–Crippen LogP) is 32.0. The number of thioether (sulfide) groups is 4. The summed E-state index contributed by atoms with van der Waals surface area (Å²) in [6.07, 6.45) is 78.1. The Morgan fingerprint density at radius 2 is 0.333 bits per heavy atom. The Morgan fingerprint density at radius 3 is 0.514 bits per heavy atom. The van der Waals surface area contributed by atoms with E-state index in [9.17, 15) is 0 Å². The highest BCUT2D eigenvalue weighted by atomic mass is 32.2. The number of nitrogens with zero attached hydrogens (tertiary/aromatic N) is 8. The zero-order valence-corrected chi connectivity index (χ0v) is 74.4. The van der Waals surface area contributed by atoms with Crippen LogP contribution in [0.1, 0.15) is 354 Å². The Morgan fingerprint density at radius 1 is 0.171 bits per heavy atom. The van der Waals surface area contributed by atoms with E-state index in [-0.39, 0.29) is 0 Å². The van der Waals surface area contributed by atoms with Gasteiger partial charge >= 0.3 is 0 Å². The number of hydrogen-bond acceptors (Lipinski definition) is 12. The molecule has 12 heteroatoms. The minimum atomic E-state index is 0.822. The molecule has 0 N–H and O–H groups in total. The van der Waals surface area contributed by atoms with Crippen molar-refractivity contribution in [1.82, 2.24) is 39.9 Å². The molecular weight excluding hydrogens is 1430 g/mol. The Kier molecular flexibility index (Phi) is 57.9. The summed E-state index contributed by atoms with van der Waals surface area (Å²) in [5.74, 6) is 8.20. The molecule has 610 valence electrons. The van der Waals surface area contributed by atoms with E-state index in [0.29, 0.717) is 0 Å². The number of aromatic nitrogens is 8. The van der Waals surface area contributed by atoms with Crippen molar-refractivity contribution in [1.29, 1.82) is 0 Å². The molecule has 4 aromatic heterocycles. The summed E-state index contributed by atoms with van der Waals surface area (Å²) >= 11 is 7.84. The van der Waals surface area contributed by atoms with E-state index in [1.165, 1.54) is 335 Å². The first kappa shape index (κ1) is 96.2. The molecule has 8 rings (SSSR count).